The van der Waals surface area contributed by atoms with Crippen LogP contribution < -0.4 is 10.2 Å². The highest BCUT2D eigenvalue weighted by molar-refractivity contribution is 5.91. The molecule has 2 aromatic rings. The Balaban J connectivity index is 2.20. The highest BCUT2D eigenvalue weighted by Gasteiger charge is 2.11. The number of methoxy groups -OCH3 is 1. The van der Waals surface area contributed by atoms with E-state index in [1.165, 1.54) is 7.11 Å². The lowest BCUT2D eigenvalue weighted by Crippen LogP contribution is -2.13. The fourth-order valence-corrected chi connectivity index (χ4v) is 2.09. The van der Waals surface area contributed by atoms with Crippen molar-refractivity contribution in [2.45, 2.75) is 6.54 Å². The molecule has 0 unspecified atom stereocenters. The Morgan fingerprint density at radius 3 is 2.76 bits per heavy atom. The van der Waals surface area contributed by atoms with Crippen molar-refractivity contribution in [3.05, 3.63) is 53.9 Å². The van der Waals surface area contributed by atoms with Gasteiger partial charge < -0.3 is 15.0 Å². The Hall–Kier alpha value is -2.56. The van der Waals surface area contributed by atoms with Gasteiger partial charge in [0.25, 0.3) is 0 Å². The Kier molecular flexibility index (Phi) is 4.77. The van der Waals surface area contributed by atoms with Crippen LogP contribution in [-0.4, -0.2) is 32.2 Å². The molecule has 0 fully saturated rings. The van der Waals surface area contributed by atoms with Crippen LogP contribution in [0.1, 0.15) is 15.9 Å². The molecular formula is C16H19N3O2. The monoisotopic (exact) mass is 285 g/mol. The van der Waals surface area contributed by atoms with Gasteiger partial charge in [-0.05, 0) is 17.7 Å². The zero-order chi connectivity index (χ0) is 15.2. The summed E-state index contributed by atoms with van der Waals surface area (Å²) in [4.78, 5) is 17.9. The number of hydrogen-bond donors (Lipinski definition) is 1. The molecule has 0 radical (unpaired) electrons. The summed E-state index contributed by atoms with van der Waals surface area (Å²) in [6.45, 7) is 0.526. The number of aromatic nitrogens is 1. The van der Waals surface area contributed by atoms with Gasteiger partial charge in [0.15, 0.2) is 0 Å². The maximum absolute atomic E-state index is 11.8. The number of carbonyl (C=O) groups is 1. The molecule has 0 saturated carbocycles. The van der Waals surface area contributed by atoms with Crippen LogP contribution in [0.25, 0.3) is 0 Å². The van der Waals surface area contributed by atoms with Crippen molar-refractivity contribution in [2.75, 3.05) is 31.4 Å². The standard InChI is InChI=1S/C16H19N3O2/c1-19(2)15-8-9-17-11-14(15)18-10-12-6-4-5-7-13(12)16(20)21-3/h4-9,11,18H,10H2,1-3H3. The third-order valence-corrected chi connectivity index (χ3v) is 3.17. The lowest BCUT2D eigenvalue weighted by atomic mass is 10.1. The Morgan fingerprint density at radius 1 is 1.29 bits per heavy atom. The first kappa shape index (κ1) is 14.8. The highest BCUT2D eigenvalue weighted by Crippen LogP contribution is 2.23. The molecule has 5 heteroatoms. The zero-order valence-electron chi connectivity index (χ0n) is 12.5. The molecule has 110 valence electrons. The second kappa shape index (κ2) is 6.74. The Morgan fingerprint density at radius 2 is 2.05 bits per heavy atom. The second-order valence-corrected chi connectivity index (χ2v) is 4.79. The lowest BCUT2D eigenvalue weighted by Gasteiger charge is -2.18. The highest BCUT2D eigenvalue weighted by atomic mass is 16.5. The molecule has 0 aliphatic carbocycles. The predicted molar refractivity (Wildman–Crippen MR) is 83.7 cm³/mol. The quantitative estimate of drug-likeness (QED) is 0.856. The molecule has 21 heavy (non-hydrogen) atoms. The first-order valence-electron chi connectivity index (χ1n) is 6.65. The molecule has 0 bridgehead atoms. The molecule has 1 aromatic carbocycles. The summed E-state index contributed by atoms with van der Waals surface area (Å²) in [5.74, 6) is -0.327. The number of nitrogens with zero attached hydrogens (tertiary/aromatic N) is 2. The third-order valence-electron chi connectivity index (χ3n) is 3.17. The molecule has 1 N–H and O–H groups in total. The van der Waals surface area contributed by atoms with Crippen LogP contribution in [-0.2, 0) is 11.3 Å². The van der Waals surface area contributed by atoms with Crippen LogP contribution in [0.3, 0.4) is 0 Å². The van der Waals surface area contributed by atoms with Gasteiger partial charge in [-0.25, -0.2) is 4.79 Å². The van der Waals surface area contributed by atoms with E-state index in [2.05, 4.69) is 10.3 Å². The normalized spacial score (nSPS) is 10.0. The molecule has 0 aliphatic rings. The number of hydrogen-bond acceptors (Lipinski definition) is 5. The Bertz CT molecular complexity index is 626. The fourth-order valence-electron chi connectivity index (χ4n) is 2.09. The van der Waals surface area contributed by atoms with Crippen molar-refractivity contribution in [1.82, 2.24) is 4.98 Å². The van der Waals surface area contributed by atoms with Crippen molar-refractivity contribution < 1.29 is 9.53 Å². The maximum atomic E-state index is 11.8. The van der Waals surface area contributed by atoms with E-state index in [9.17, 15) is 4.79 Å². The summed E-state index contributed by atoms with van der Waals surface area (Å²) in [5.41, 5.74) is 3.42. The second-order valence-electron chi connectivity index (χ2n) is 4.79. The van der Waals surface area contributed by atoms with Gasteiger partial charge in [0.2, 0.25) is 0 Å². The van der Waals surface area contributed by atoms with E-state index in [1.54, 1.807) is 18.5 Å². The minimum atomic E-state index is -0.327. The number of carbonyl (C=O) groups excluding carboxylic acids is 1. The van der Waals surface area contributed by atoms with E-state index in [0.717, 1.165) is 16.9 Å². The summed E-state index contributed by atoms with van der Waals surface area (Å²) in [6.07, 6.45) is 3.53. The van der Waals surface area contributed by atoms with E-state index in [4.69, 9.17) is 4.74 Å². The van der Waals surface area contributed by atoms with Crippen LogP contribution in [0.5, 0.6) is 0 Å². The van der Waals surface area contributed by atoms with Crippen molar-refractivity contribution in [1.29, 1.82) is 0 Å². The molecule has 0 atom stereocenters. The molecule has 0 spiro atoms. The maximum Gasteiger partial charge on any atom is 0.338 e. The predicted octanol–water partition coefficient (Wildman–Crippen LogP) is 2.55. The van der Waals surface area contributed by atoms with Gasteiger partial charge in [0, 0.05) is 26.8 Å². The fraction of sp³-hybridized carbons (Fsp3) is 0.250. The molecule has 1 aromatic heterocycles. The summed E-state index contributed by atoms with van der Waals surface area (Å²) in [5, 5.41) is 3.32. The number of esters is 1. The molecule has 1 heterocycles. The van der Waals surface area contributed by atoms with E-state index in [1.807, 2.05) is 43.3 Å². The summed E-state index contributed by atoms with van der Waals surface area (Å²) >= 11 is 0. The van der Waals surface area contributed by atoms with Gasteiger partial charge in [-0.3, -0.25) is 4.98 Å². The summed E-state index contributed by atoms with van der Waals surface area (Å²) in [6, 6.07) is 9.34. The van der Waals surface area contributed by atoms with Gasteiger partial charge in [0.05, 0.1) is 30.2 Å². The van der Waals surface area contributed by atoms with Crippen LogP contribution >= 0.6 is 0 Å². The van der Waals surface area contributed by atoms with Gasteiger partial charge in [-0.1, -0.05) is 18.2 Å². The molecular weight excluding hydrogens is 266 g/mol. The molecule has 2 rings (SSSR count). The number of nitrogens with one attached hydrogen (secondary N) is 1. The van der Waals surface area contributed by atoms with E-state index >= 15 is 0 Å². The van der Waals surface area contributed by atoms with E-state index in [0.29, 0.717) is 12.1 Å². The first-order chi connectivity index (χ1) is 10.1. The minimum absolute atomic E-state index is 0.327. The molecule has 0 saturated heterocycles. The zero-order valence-corrected chi connectivity index (χ0v) is 12.5. The molecule has 0 aliphatic heterocycles. The third kappa shape index (κ3) is 3.51. The number of anilines is 2. The number of rotatable bonds is 5. The number of pyridine rings is 1. The van der Waals surface area contributed by atoms with Gasteiger partial charge in [-0.2, -0.15) is 0 Å². The van der Waals surface area contributed by atoms with Crippen LogP contribution in [0.15, 0.2) is 42.7 Å². The number of benzene rings is 1. The SMILES string of the molecule is COC(=O)c1ccccc1CNc1cnccc1N(C)C. The van der Waals surface area contributed by atoms with Crippen LogP contribution in [0.2, 0.25) is 0 Å². The first-order valence-corrected chi connectivity index (χ1v) is 6.65. The van der Waals surface area contributed by atoms with Gasteiger partial charge >= 0.3 is 5.97 Å². The van der Waals surface area contributed by atoms with Crippen molar-refractivity contribution in [3.63, 3.8) is 0 Å². The van der Waals surface area contributed by atoms with Crippen LogP contribution in [0.4, 0.5) is 11.4 Å². The topological polar surface area (TPSA) is 54.5 Å². The average Bonchev–Trinajstić information content (AvgIpc) is 2.52. The smallest absolute Gasteiger partial charge is 0.338 e. The Labute approximate surface area is 124 Å². The summed E-state index contributed by atoms with van der Waals surface area (Å²) < 4.78 is 4.80. The largest absolute Gasteiger partial charge is 0.465 e. The van der Waals surface area contributed by atoms with Gasteiger partial charge in [0.1, 0.15) is 0 Å². The van der Waals surface area contributed by atoms with Crippen LogP contribution in [0, 0.1) is 0 Å². The summed E-state index contributed by atoms with van der Waals surface area (Å²) in [7, 11) is 5.34. The van der Waals surface area contributed by atoms with Crippen molar-refractivity contribution in [3.8, 4) is 0 Å². The van der Waals surface area contributed by atoms with Gasteiger partial charge in [-0.15, -0.1) is 0 Å². The number of ether oxygens (including phenoxy) is 1. The molecule has 5 nitrogen and oxygen atoms in total. The van der Waals surface area contributed by atoms with Crippen molar-refractivity contribution in [2.24, 2.45) is 0 Å². The minimum Gasteiger partial charge on any atom is -0.465 e. The van der Waals surface area contributed by atoms with E-state index < -0.39 is 0 Å². The lowest BCUT2D eigenvalue weighted by molar-refractivity contribution is 0.0599. The molecule has 0 amide bonds. The van der Waals surface area contributed by atoms with Crippen molar-refractivity contribution >= 4 is 17.3 Å². The van der Waals surface area contributed by atoms with E-state index in [-0.39, 0.29) is 5.97 Å². The average molecular weight is 285 g/mol.